The summed E-state index contributed by atoms with van der Waals surface area (Å²) in [6.07, 6.45) is 2.03. The highest BCUT2D eigenvalue weighted by atomic mass is 79.9. The molecule has 0 N–H and O–H groups in total. The first-order chi connectivity index (χ1) is 14.0. The summed E-state index contributed by atoms with van der Waals surface area (Å²) in [5.74, 6) is 0.469. The minimum atomic E-state index is -0.317. The second-order valence-electron chi connectivity index (χ2n) is 7.02. The summed E-state index contributed by atoms with van der Waals surface area (Å²) in [6, 6.07) is 14.7. The highest BCUT2D eigenvalue weighted by Gasteiger charge is 2.31. The minimum absolute atomic E-state index is 0.00328. The van der Waals surface area contributed by atoms with Crippen LogP contribution in [-0.2, 0) is 11.3 Å². The highest BCUT2D eigenvalue weighted by Crippen LogP contribution is 2.41. The van der Waals surface area contributed by atoms with Crippen molar-refractivity contribution in [2.45, 2.75) is 30.6 Å². The van der Waals surface area contributed by atoms with Gasteiger partial charge in [0.25, 0.3) is 0 Å². The number of hydrogen-bond acceptors (Lipinski definition) is 4. The first-order valence-electron chi connectivity index (χ1n) is 9.34. The van der Waals surface area contributed by atoms with Gasteiger partial charge in [-0.25, -0.2) is 4.39 Å². The normalized spacial score (nSPS) is 13.5. The lowest BCUT2D eigenvalue weighted by molar-refractivity contribution is -0.127. The maximum atomic E-state index is 14.3. The Hall–Kier alpha value is -2.19. The van der Waals surface area contributed by atoms with E-state index in [0.717, 1.165) is 22.9 Å². The van der Waals surface area contributed by atoms with Crippen molar-refractivity contribution in [3.63, 3.8) is 0 Å². The molecule has 1 fully saturated rings. The molecule has 0 radical (unpaired) electrons. The number of rotatable bonds is 7. The van der Waals surface area contributed by atoms with E-state index in [1.807, 2.05) is 28.8 Å². The fourth-order valence-electron chi connectivity index (χ4n) is 3.07. The van der Waals surface area contributed by atoms with Crippen molar-refractivity contribution in [3.8, 4) is 11.4 Å². The molecule has 1 aliphatic rings. The summed E-state index contributed by atoms with van der Waals surface area (Å²) in [5.41, 5.74) is 1.49. The average molecular weight is 475 g/mol. The minimum Gasteiger partial charge on any atom is -0.341 e. The zero-order valence-electron chi connectivity index (χ0n) is 15.9. The van der Waals surface area contributed by atoms with Gasteiger partial charge in [0.15, 0.2) is 11.0 Å². The molecule has 1 saturated carbocycles. The Labute approximate surface area is 181 Å². The molecule has 1 amide bonds. The summed E-state index contributed by atoms with van der Waals surface area (Å²) >= 11 is 4.87. The molecule has 4 rings (SSSR count). The third-order valence-electron chi connectivity index (χ3n) is 4.81. The Balaban J connectivity index is 1.47. The van der Waals surface area contributed by atoms with Crippen LogP contribution in [0.1, 0.15) is 24.4 Å². The predicted octanol–water partition coefficient (Wildman–Crippen LogP) is 4.93. The van der Waals surface area contributed by atoms with Crippen molar-refractivity contribution < 1.29 is 9.18 Å². The number of hydrogen-bond donors (Lipinski definition) is 0. The lowest BCUT2D eigenvalue weighted by Crippen LogP contribution is -2.28. The van der Waals surface area contributed by atoms with E-state index in [4.69, 9.17) is 0 Å². The molecule has 0 saturated heterocycles. The van der Waals surface area contributed by atoms with Gasteiger partial charge in [-0.05, 0) is 36.6 Å². The first-order valence-corrected chi connectivity index (χ1v) is 11.1. The summed E-state index contributed by atoms with van der Waals surface area (Å²) in [6.45, 7) is 0.524. The van der Waals surface area contributed by atoms with Gasteiger partial charge >= 0.3 is 0 Å². The van der Waals surface area contributed by atoms with Crippen molar-refractivity contribution in [1.82, 2.24) is 19.7 Å². The van der Waals surface area contributed by atoms with Gasteiger partial charge in [0.1, 0.15) is 5.82 Å². The van der Waals surface area contributed by atoms with Gasteiger partial charge in [0.05, 0.1) is 11.3 Å². The first kappa shape index (κ1) is 20.1. The number of carbonyl (C=O) groups excluding carboxylic acids is 1. The standard InChI is InChI=1S/C21H20BrFN4OS/c1-26(12-14-6-2-4-8-17(14)22)19(28)13-29-21-25-24-20(27(21)15-10-11-15)16-7-3-5-9-18(16)23/h2-9,15H,10-13H2,1H3. The Bertz CT molecular complexity index is 1040. The molecule has 1 aromatic heterocycles. The number of aromatic nitrogens is 3. The quantitative estimate of drug-likeness (QED) is 0.455. The molecule has 0 unspecified atom stereocenters. The summed E-state index contributed by atoms with van der Waals surface area (Å²) in [7, 11) is 1.79. The van der Waals surface area contributed by atoms with Crippen LogP contribution in [0.15, 0.2) is 58.2 Å². The van der Waals surface area contributed by atoms with Crippen LogP contribution in [-0.4, -0.2) is 38.4 Å². The molecule has 3 aromatic rings. The molecule has 29 heavy (non-hydrogen) atoms. The highest BCUT2D eigenvalue weighted by molar-refractivity contribution is 9.10. The van der Waals surface area contributed by atoms with Gasteiger partial charge in [0.2, 0.25) is 5.91 Å². The van der Waals surface area contributed by atoms with E-state index in [1.54, 1.807) is 30.1 Å². The lowest BCUT2D eigenvalue weighted by Gasteiger charge is -2.18. The Kier molecular flexibility index (Phi) is 6.01. The summed E-state index contributed by atoms with van der Waals surface area (Å²) in [4.78, 5) is 14.3. The molecule has 0 aliphatic heterocycles. The van der Waals surface area contributed by atoms with Crippen LogP contribution in [0.2, 0.25) is 0 Å². The molecule has 0 bridgehead atoms. The second kappa shape index (κ2) is 8.67. The van der Waals surface area contributed by atoms with Crippen LogP contribution in [0.25, 0.3) is 11.4 Å². The smallest absolute Gasteiger partial charge is 0.233 e. The van der Waals surface area contributed by atoms with Gasteiger partial charge in [-0.15, -0.1) is 10.2 Å². The maximum Gasteiger partial charge on any atom is 0.233 e. The fraction of sp³-hybridized carbons (Fsp3) is 0.286. The van der Waals surface area contributed by atoms with Crippen LogP contribution in [0.4, 0.5) is 4.39 Å². The van der Waals surface area contributed by atoms with Crippen LogP contribution >= 0.6 is 27.7 Å². The number of carbonyl (C=O) groups is 1. The van der Waals surface area contributed by atoms with Gasteiger partial charge in [-0.2, -0.15) is 0 Å². The van der Waals surface area contributed by atoms with E-state index in [1.165, 1.54) is 17.8 Å². The van der Waals surface area contributed by atoms with Crippen LogP contribution in [0, 0.1) is 5.82 Å². The number of benzene rings is 2. The van der Waals surface area contributed by atoms with Gasteiger partial charge in [-0.3, -0.25) is 9.36 Å². The predicted molar refractivity (Wildman–Crippen MR) is 115 cm³/mol. The Morgan fingerprint density at radius 2 is 1.93 bits per heavy atom. The lowest BCUT2D eigenvalue weighted by atomic mass is 10.2. The topological polar surface area (TPSA) is 51.0 Å². The van der Waals surface area contributed by atoms with E-state index in [9.17, 15) is 9.18 Å². The van der Waals surface area contributed by atoms with Crippen LogP contribution < -0.4 is 0 Å². The van der Waals surface area contributed by atoms with Gasteiger partial charge in [0, 0.05) is 24.1 Å². The molecule has 0 atom stereocenters. The molecule has 0 spiro atoms. The van der Waals surface area contributed by atoms with E-state index < -0.39 is 0 Å². The third-order valence-corrected chi connectivity index (χ3v) is 6.51. The van der Waals surface area contributed by atoms with Gasteiger partial charge in [-0.1, -0.05) is 58.0 Å². The third kappa shape index (κ3) is 4.53. The number of nitrogens with zero attached hydrogens (tertiary/aromatic N) is 4. The number of halogens is 2. The zero-order chi connectivity index (χ0) is 20.4. The monoisotopic (exact) mass is 474 g/mol. The molecule has 150 valence electrons. The van der Waals surface area contributed by atoms with Crippen molar-refractivity contribution in [2.24, 2.45) is 0 Å². The maximum absolute atomic E-state index is 14.3. The zero-order valence-corrected chi connectivity index (χ0v) is 18.3. The van der Waals surface area contributed by atoms with E-state index >= 15 is 0 Å². The molecule has 5 nitrogen and oxygen atoms in total. The molecule has 1 aliphatic carbocycles. The average Bonchev–Trinajstić information content (AvgIpc) is 3.47. The molecule has 1 heterocycles. The molecular formula is C21H20BrFN4OS. The van der Waals surface area contributed by atoms with Crippen LogP contribution in [0.3, 0.4) is 0 Å². The molecule has 8 heteroatoms. The summed E-state index contributed by atoms with van der Waals surface area (Å²) in [5, 5.41) is 9.15. The van der Waals surface area contributed by atoms with Crippen molar-refractivity contribution in [2.75, 3.05) is 12.8 Å². The number of thioether (sulfide) groups is 1. The Morgan fingerprint density at radius 1 is 1.21 bits per heavy atom. The van der Waals surface area contributed by atoms with E-state index in [-0.39, 0.29) is 23.5 Å². The molecular weight excluding hydrogens is 455 g/mol. The van der Waals surface area contributed by atoms with Crippen molar-refractivity contribution in [3.05, 3.63) is 64.4 Å². The number of amides is 1. The van der Waals surface area contributed by atoms with Gasteiger partial charge < -0.3 is 4.90 Å². The second-order valence-corrected chi connectivity index (χ2v) is 8.81. The summed E-state index contributed by atoms with van der Waals surface area (Å²) < 4.78 is 17.2. The van der Waals surface area contributed by atoms with Crippen molar-refractivity contribution in [1.29, 1.82) is 0 Å². The van der Waals surface area contributed by atoms with E-state index in [0.29, 0.717) is 23.1 Å². The van der Waals surface area contributed by atoms with Crippen molar-refractivity contribution >= 4 is 33.6 Å². The Morgan fingerprint density at radius 3 is 2.66 bits per heavy atom. The van der Waals surface area contributed by atoms with E-state index in [2.05, 4.69) is 26.1 Å². The van der Waals surface area contributed by atoms with Crippen LogP contribution in [0.5, 0.6) is 0 Å². The largest absolute Gasteiger partial charge is 0.341 e. The fourth-order valence-corrected chi connectivity index (χ4v) is 4.43. The SMILES string of the molecule is CN(Cc1ccccc1Br)C(=O)CSc1nnc(-c2ccccc2F)n1C1CC1. The molecule has 2 aromatic carbocycles.